The van der Waals surface area contributed by atoms with Crippen LogP contribution >= 0.6 is 0 Å². The van der Waals surface area contributed by atoms with Crippen LogP contribution in [-0.4, -0.2) is 37.2 Å². The molecule has 0 aliphatic rings. The third-order valence-corrected chi connectivity index (χ3v) is 22.9. The molecule has 0 radical (unpaired) electrons. The van der Waals surface area contributed by atoms with Crippen LogP contribution in [0.4, 0.5) is 0 Å². The van der Waals surface area contributed by atoms with Crippen molar-refractivity contribution in [2.24, 2.45) is 12.5 Å². The van der Waals surface area contributed by atoms with Gasteiger partial charge in [0.2, 0.25) is 0 Å². The Morgan fingerprint density at radius 2 is 1.50 bits per heavy atom. The van der Waals surface area contributed by atoms with E-state index in [4.69, 9.17) is 9.52 Å². The number of unbranched alkanes of at least 4 members (excludes halogenated alkanes) is 3. The van der Waals surface area contributed by atoms with E-state index in [1.54, 1.807) is 3.71 Å². The summed E-state index contributed by atoms with van der Waals surface area (Å²) in [6.45, 7) is 18.6. The first-order valence-electron chi connectivity index (χ1n) is 13.2. The maximum absolute atomic E-state index is 6.61. The normalized spacial score (nSPS) is 13.9. The Bertz CT molecular complexity index is 818. The van der Waals surface area contributed by atoms with E-state index < -0.39 is 27.4 Å². The predicted molar refractivity (Wildman–Crippen MR) is 147 cm³/mol. The van der Waals surface area contributed by atoms with Crippen LogP contribution in [0.2, 0.25) is 26.4 Å². The van der Waals surface area contributed by atoms with Crippen LogP contribution in [-0.2, 0) is 11.5 Å². The van der Waals surface area contributed by atoms with Gasteiger partial charge in [0.15, 0.2) is 0 Å². The van der Waals surface area contributed by atoms with Gasteiger partial charge < -0.3 is 0 Å². The van der Waals surface area contributed by atoms with Gasteiger partial charge in [-0.2, -0.15) is 0 Å². The average Bonchev–Trinajstić information content (AvgIpc) is 3.07. The van der Waals surface area contributed by atoms with E-state index in [9.17, 15) is 0 Å². The first-order chi connectivity index (χ1) is 15.1. The van der Waals surface area contributed by atoms with E-state index in [1.165, 1.54) is 68.3 Å². The van der Waals surface area contributed by atoms with Crippen molar-refractivity contribution in [1.29, 1.82) is 0 Å². The number of aromatic nitrogens is 2. The summed E-state index contributed by atoms with van der Waals surface area (Å²) in [4.78, 5) is 0. The molecule has 1 atom stereocenters. The molecule has 1 heterocycles. The van der Waals surface area contributed by atoms with E-state index in [2.05, 4.69) is 84.6 Å². The second-order valence-corrected chi connectivity index (χ2v) is 26.6. The van der Waals surface area contributed by atoms with E-state index in [0.29, 0.717) is 0 Å². The molecule has 5 heteroatoms. The molecule has 1 unspecified atom stereocenters. The quantitative estimate of drug-likeness (QED) is 0.233. The molecular weight excluding hydrogens is 515 g/mol. The van der Waals surface area contributed by atoms with Crippen LogP contribution in [0.25, 0.3) is 10.9 Å². The van der Waals surface area contributed by atoms with Gasteiger partial charge in [0.25, 0.3) is 0 Å². The van der Waals surface area contributed by atoms with Gasteiger partial charge in [-0.15, -0.1) is 0 Å². The topological polar surface area (TPSA) is 27.1 Å². The van der Waals surface area contributed by atoms with Gasteiger partial charge in [0, 0.05) is 0 Å². The molecule has 0 saturated carbocycles. The van der Waals surface area contributed by atoms with Gasteiger partial charge in [-0.3, -0.25) is 0 Å². The number of rotatable bonds is 13. The van der Waals surface area contributed by atoms with E-state index in [1.807, 2.05) is 0 Å². The summed E-state index contributed by atoms with van der Waals surface area (Å²) >= 11 is -2.63. The van der Waals surface area contributed by atoms with Crippen LogP contribution in [0.1, 0.15) is 91.7 Å². The second kappa shape index (κ2) is 12.4. The van der Waals surface area contributed by atoms with Gasteiger partial charge >= 0.3 is 205 Å². The van der Waals surface area contributed by atoms with Crippen molar-refractivity contribution in [3.8, 4) is 0 Å². The Kier molecular flexibility index (Phi) is 10.8. The number of aryl methyl sites for hydroxylation is 1. The molecule has 0 N–H and O–H groups in total. The molecular formula is C27H50N2OSiSn. The van der Waals surface area contributed by atoms with Crippen LogP contribution in [0.5, 0.6) is 0 Å². The fourth-order valence-corrected chi connectivity index (χ4v) is 22.5. The number of hydrogen-bond acceptors (Lipinski definition) is 2. The summed E-state index contributed by atoms with van der Waals surface area (Å²) in [5.74, 6) is 0. The van der Waals surface area contributed by atoms with Gasteiger partial charge in [0.05, 0.1) is 0 Å². The second-order valence-electron chi connectivity index (χ2n) is 11.3. The first-order valence-corrected chi connectivity index (χ1v) is 23.5. The third-order valence-electron chi connectivity index (χ3n) is 6.90. The van der Waals surface area contributed by atoms with Crippen LogP contribution < -0.4 is 3.71 Å². The molecule has 0 spiro atoms. The van der Waals surface area contributed by atoms with Crippen molar-refractivity contribution >= 4 is 42.0 Å². The molecule has 1 aromatic heterocycles. The fraction of sp³-hybridized carbons (Fsp3) is 0.741. The molecule has 3 nitrogen and oxygen atoms in total. The SMILES string of the molecule is CCC[CH2][Sn]([CH2]CCC)([CH2]CCC)[c]1nn(C)c2ccc(C(O[SiH](C)C)C(C)(C)C)cc12. The summed E-state index contributed by atoms with van der Waals surface area (Å²) in [5.41, 5.74) is 2.74. The van der Waals surface area contributed by atoms with Crippen molar-refractivity contribution in [1.82, 2.24) is 9.78 Å². The van der Waals surface area contributed by atoms with E-state index in [-0.39, 0.29) is 11.5 Å². The summed E-state index contributed by atoms with van der Waals surface area (Å²) in [5, 5.41) is 6.77. The van der Waals surface area contributed by atoms with E-state index in [0.717, 1.165) is 0 Å². The number of benzene rings is 1. The predicted octanol–water partition coefficient (Wildman–Crippen LogP) is 7.72. The first kappa shape index (κ1) is 27.9. The molecule has 32 heavy (non-hydrogen) atoms. The van der Waals surface area contributed by atoms with Crippen molar-refractivity contribution in [3.05, 3.63) is 23.8 Å². The average molecular weight is 566 g/mol. The van der Waals surface area contributed by atoms with Crippen molar-refractivity contribution < 1.29 is 4.43 Å². The van der Waals surface area contributed by atoms with Crippen LogP contribution in [0, 0.1) is 5.41 Å². The van der Waals surface area contributed by atoms with Crippen molar-refractivity contribution in [3.63, 3.8) is 0 Å². The fourth-order valence-electron chi connectivity index (χ4n) is 5.17. The molecule has 0 saturated heterocycles. The Morgan fingerprint density at radius 1 is 0.969 bits per heavy atom. The molecule has 0 bridgehead atoms. The number of hydrogen-bond donors (Lipinski definition) is 0. The molecule has 0 aliphatic heterocycles. The monoisotopic (exact) mass is 566 g/mol. The molecule has 0 fully saturated rings. The maximum atomic E-state index is 6.61. The summed E-state index contributed by atoms with van der Waals surface area (Å²) in [6, 6.07) is 7.11. The van der Waals surface area contributed by atoms with Gasteiger partial charge in [0.1, 0.15) is 0 Å². The minimum atomic E-state index is -2.63. The standard InChI is InChI=1S/C15H23N2OSi.3C4H9.Sn/c1-15(2,3)14(18-19(5)6)11-7-8-13-12(9-11)10-16-17(13)4;3*1-3-4-2;/h7-9,14,19H,1-6H3;3*1,3-4H2,2H3;. The molecule has 0 aliphatic carbocycles. The Labute approximate surface area is 204 Å². The molecule has 1 aromatic carbocycles. The van der Waals surface area contributed by atoms with Crippen LogP contribution in [0.15, 0.2) is 18.2 Å². The third kappa shape index (κ3) is 6.85. The zero-order valence-electron chi connectivity index (χ0n) is 22.6. The number of nitrogens with zero attached hydrogens (tertiary/aromatic N) is 2. The molecule has 0 amide bonds. The van der Waals surface area contributed by atoms with Crippen LogP contribution in [0.3, 0.4) is 0 Å². The Balaban J connectivity index is 2.69. The Hall–Kier alpha value is -0.334. The van der Waals surface area contributed by atoms with Crippen molar-refractivity contribution in [2.45, 2.75) is 113 Å². The minimum absolute atomic E-state index is 0.0837. The molecule has 182 valence electrons. The summed E-state index contributed by atoms with van der Waals surface area (Å²) in [7, 11) is 0.998. The molecule has 2 aromatic rings. The van der Waals surface area contributed by atoms with Gasteiger partial charge in [-0.05, 0) is 0 Å². The van der Waals surface area contributed by atoms with Gasteiger partial charge in [-0.25, -0.2) is 0 Å². The summed E-state index contributed by atoms with van der Waals surface area (Å²) < 4.78 is 14.7. The van der Waals surface area contributed by atoms with Crippen molar-refractivity contribution in [2.75, 3.05) is 0 Å². The number of fused-ring (bicyclic) bond motifs is 1. The zero-order chi connectivity index (χ0) is 23.9. The Morgan fingerprint density at radius 3 is 1.94 bits per heavy atom. The zero-order valence-corrected chi connectivity index (χ0v) is 26.6. The van der Waals surface area contributed by atoms with Gasteiger partial charge in [-0.1, -0.05) is 0 Å². The summed E-state index contributed by atoms with van der Waals surface area (Å²) in [6.07, 6.45) is 8.15. The van der Waals surface area contributed by atoms with E-state index >= 15 is 0 Å². The molecule has 2 rings (SSSR count).